The summed E-state index contributed by atoms with van der Waals surface area (Å²) in [7, 11) is 0. The smallest absolute Gasteiger partial charge is 0.257 e. The van der Waals surface area contributed by atoms with Crippen LogP contribution in [-0.4, -0.2) is 48.8 Å². The summed E-state index contributed by atoms with van der Waals surface area (Å²) >= 11 is 0. The molecule has 5 heteroatoms. The highest BCUT2D eigenvalue weighted by Gasteiger charge is 2.28. The summed E-state index contributed by atoms with van der Waals surface area (Å²) in [5, 5.41) is 9.08. The molecule has 1 atom stereocenters. The quantitative estimate of drug-likeness (QED) is 0.920. The van der Waals surface area contributed by atoms with Gasteiger partial charge in [-0.25, -0.2) is 0 Å². The van der Waals surface area contributed by atoms with E-state index in [1.807, 2.05) is 17.0 Å². The monoisotopic (exact) mass is 291 g/mol. The third-order valence-electron chi connectivity index (χ3n) is 4.14. The Morgan fingerprint density at radius 3 is 3.05 bits per heavy atom. The van der Waals surface area contributed by atoms with Crippen LogP contribution >= 0.6 is 0 Å². The summed E-state index contributed by atoms with van der Waals surface area (Å²) < 4.78 is 11.2. The van der Waals surface area contributed by atoms with E-state index in [2.05, 4.69) is 0 Å². The number of benzene rings is 1. The third-order valence-corrected chi connectivity index (χ3v) is 4.14. The Labute approximate surface area is 124 Å². The minimum Gasteiger partial charge on any atom is -0.486 e. The van der Waals surface area contributed by atoms with E-state index in [1.165, 1.54) is 0 Å². The molecule has 1 aromatic rings. The molecule has 0 aromatic heterocycles. The lowest BCUT2D eigenvalue weighted by molar-refractivity contribution is 0.0644. The SMILES string of the molecule is O=C(c1cccc2c1OCCO2)N1CCCC(CCO)C1. The molecule has 114 valence electrons. The summed E-state index contributed by atoms with van der Waals surface area (Å²) in [5.74, 6) is 1.61. The lowest BCUT2D eigenvalue weighted by Crippen LogP contribution is -2.40. The number of hydrogen-bond donors (Lipinski definition) is 1. The lowest BCUT2D eigenvalue weighted by Gasteiger charge is -2.33. The number of amides is 1. The fourth-order valence-corrected chi connectivity index (χ4v) is 3.08. The highest BCUT2D eigenvalue weighted by molar-refractivity contribution is 5.98. The van der Waals surface area contributed by atoms with Crippen molar-refractivity contribution in [1.29, 1.82) is 0 Å². The van der Waals surface area contributed by atoms with Crippen molar-refractivity contribution in [3.05, 3.63) is 23.8 Å². The molecule has 0 spiro atoms. The predicted molar refractivity (Wildman–Crippen MR) is 77.8 cm³/mol. The first-order valence-corrected chi connectivity index (χ1v) is 7.58. The second kappa shape index (κ2) is 6.35. The van der Waals surface area contributed by atoms with E-state index in [0.29, 0.717) is 42.7 Å². The van der Waals surface area contributed by atoms with Gasteiger partial charge in [0.25, 0.3) is 5.91 Å². The molecule has 0 saturated carbocycles. The van der Waals surface area contributed by atoms with Crippen molar-refractivity contribution in [2.75, 3.05) is 32.9 Å². The van der Waals surface area contributed by atoms with E-state index in [9.17, 15) is 4.79 Å². The second-order valence-electron chi connectivity index (χ2n) is 5.60. The van der Waals surface area contributed by atoms with Gasteiger partial charge in [-0.1, -0.05) is 6.07 Å². The number of hydrogen-bond acceptors (Lipinski definition) is 4. The fourth-order valence-electron chi connectivity index (χ4n) is 3.08. The average Bonchev–Trinajstić information content (AvgIpc) is 2.54. The van der Waals surface area contributed by atoms with Gasteiger partial charge >= 0.3 is 0 Å². The number of likely N-dealkylation sites (tertiary alicyclic amines) is 1. The van der Waals surface area contributed by atoms with Gasteiger partial charge in [0.15, 0.2) is 11.5 Å². The first-order valence-electron chi connectivity index (χ1n) is 7.58. The summed E-state index contributed by atoms with van der Waals surface area (Å²) in [5.41, 5.74) is 0.580. The van der Waals surface area contributed by atoms with Crippen molar-refractivity contribution in [1.82, 2.24) is 4.90 Å². The van der Waals surface area contributed by atoms with Gasteiger partial charge in [0.05, 0.1) is 5.56 Å². The number of fused-ring (bicyclic) bond motifs is 1. The number of nitrogens with zero attached hydrogens (tertiary/aromatic N) is 1. The summed E-state index contributed by atoms with van der Waals surface area (Å²) in [4.78, 5) is 14.6. The Morgan fingerprint density at radius 1 is 1.33 bits per heavy atom. The van der Waals surface area contributed by atoms with Gasteiger partial charge < -0.3 is 19.5 Å². The van der Waals surface area contributed by atoms with Crippen LogP contribution in [0.5, 0.6) is 11.5 Å². The molecular weight excluding hydrogens is 270 g/mol. The fraction of sp³-hybridized carbons (Fsp3) is 0.562. The van der Waals surface area contributed by atoms with Crippen molar-refractivity contribution >= 4 is 5.91 Å². The van der Waals surface area contributed by atoms with E-state index in [-0.39, 0.29) is 12.5 Å². The number of ether oxygens (including phenoxy) is 2. The van der Waals surface area contributed by atoms with E-state index < -0.39 is 0 Å². The number of aliphatic hydroxyl groups excluding tert-OH is 1. The van der Waals surface area contributed by atoms with Crippen LogP contribution in [0.2, 0.25) is 0 Å². The maximum Gasteiger partial charge on any atom is 0.257 e. The molecule has 2 aliphatic rings. The van der Waals surface area contributed by atoms with E-state index in [0.717, 1.165) is 25.8 Å². The van der Waals surface area contributed by atoms with Crippen LogP contribution in [0.25, 0.3) is 0 Å². The molecule has 21 heavy (non-hydrogen) atoms. The normalized spacial score (nSPS) is 21.2. The number of rotatable bonds is 3. The van der Waals surface area contributed by atoms with Crippen LogP contribution in [0.1, 0.15) is 29.6 Å². The van der Waals surface area contributed by atoms with Crippen LogP contribution in [-0.2, 0) is 0 Å². The van der Waals surface area contributed by atoms with Crippen LogP contribution in [0, 0.1) is 5.92 Å². The average molecular weight is 291 g/mol. The van der Waals surface area contributed by atoms with Gasteiger partial charge in [0.2, 0.25) is 0 Å². The summed E-state index contributed by atoms with van der Waals surface area (Å²) in [6.45, 7) is 2.66. The molecule has 3 rings (SSSR count). The molecule has 1 N–H and O–H groups in total. The van der Waals surface area contributed by atoms with Gasteiger partial charge in [0.1, 0.15) is 13.2 Å². The van der Waals surface area contributed by atoms with E-state index >= 15 is 0 Å². The minimum atomic E-state index is -0.00000945. The van der Waals surface area contributed by atoms with Gasteiger partial charge in [-0.2, -0.15) is 0 Å². The summed E-state index contributed by atoms with van der Waals surface area (Å²) in [6.07, 6.45) is 2.83. The Morgan fingerprint density at radius 2 is 2.19 bits per heavy atom. The highest BCUT2D eigenvalue weighted by Crippen LogP contribution is 2.35. The second-order valence-corrected chi connectivity index (χ2v) is 5.60. The molecule has 0 aliphatic carbocycles. The van der Waals surface area contributed by atoms with E-state index in [4.69, 9.17) is 14.6 Å². The molecule has 1 saturated heterocycles. The van der Waals surface area contributed by atoms with E-state index in [1.54, 1.807) is 6.07 Å². The number of carbonyl (C=O) groups is 1. The van der Waals surface area contributed by atoms with Crippen molar-refractivity contribution in [3.8, 4) is 11.5 Å². The third kappa shape index (κ3) is 2.97. The minimum absolute atomic E-state index is 0.00000945. The molecule has 0 bridgehead atoms. The maximum atomic E-state index is 12.7. The number of para-hydroxylation sites is 1. The Bertz CT molecular complexity index is 515. The van der Waals surface area contributed by atoms with Gasteiger partial charge in [0, 0.05) is 19.7 Å². The molecular formula is C16H21NO4. The first kappa shape index (κ1) is 14.2. The molecule has 1 aromatic carbocycles. The van der Waals surface area contributed by atoms with Crippen LogP contribution in [0.3, 0.4) is 0 Å². The Kier molecular flexibility index (Phi) is 4.29. The Hall–Kier alpha value is -1.75. The zero-order chi connectivity index (χ0) is 14.7. The molecule has 5 nitrogen and oxygen atoms in total. The standard InChI is InChI=1S/C16H21NO4/c18-8-6-12-3-2-7-17(11-12)16(19)13-4-1-5-14-15(13)21-10-9-20-14/h1,4-5,12,18H,2-3,6-11H2. The van der Waals surface area contributed by atoms with Crippen LogP contribution < -0.4 is 9.47 Å². The van der Waals surface area contributed by atoms with Gasteiger partial charge in [-0.05, 0) is 37.3 Å². The zero-order valence-corrected chi connectivity index (χ0v) is 12.1. The maximum absolute atomic E-state index is 12.7. The molecule has 1 unspecified atom stereocenters. The van der Waals surface area contributed by atoms with Crippen molar-refractivity contribution in [2.24, 2.45) is 5.92 Å². The zero-order valence-electron chi connectivity index (χ0n) is 12.1. The van der Waals surface area contributed by atoms with Crippen molar-refractivity contribution in [2.45, 2.75) is 19.3 Å². The van der Waals surface area contributed by atoms with Gasteiger partial charge in [-0.3, -0.25) is 4.79 Å². The Balaban J connectivity index is 1.79. The number of carbonyl (C=O) groups excluding carboxylic acids is 1. The first-order chi connectivity index (χ1) is 10.3. The van der Waals surface area contributed by atoms with Crippen LogP contribution in [0.15, 0.2) is 18.2 Å². The predicted octanol–water partition coefficient (Wildman–Crippen LogP) is 1.69. The van der Waals surface area contributed by atoms with Crippen LogP contribution in [0.4, 0.5) is 0 Å². The molecule has 2 aliphatic heterocycles. The lowest BCUT2D eigenvalue weighted by atomic mass is 9.94. The topological polar surface area (TPSA) is 59.0 Å². The molecule has 1 amide bonds. The molecule has 2 heterocycles. The number of piperidine rings is 1. The largest absolute Gasteiger partial charge is 0.486 e. The molecule has 1 fully saturated rings. The highest BCUT2D eigenvalue weighted by atomic mass is 16.6. The number of aliphatic hydroxyl groups is 1. The van der Waals surface area contributed by atoms with Crippen molar-refractivity contribution in [3.63, 3.8) is 0 Å². The molecule has 0 radical (unpaired) electrons. The summed E-state index contributed by atoms with van der Waals surface area (Å²) in [6, 6.07) is 5.46. The van der Waals surface area contributed by atoms with Crippen molar-refractivity contribution < 1.29 is 19.4 Å². The van der Waals surface area contributed by atoms with Gasteiger partial charge in [-0.15, -0.1) is 0 Å².